The zero-order valence-electron chi connectivity index (χ0n) is 9.67. The summed E-state index contributed by atoms with van der Waals surface area (Å²) in [5.41, 5.74) is 6.56. The minimum absolute atomic E-state index is 0.0898. The fraction of sp³-hybridized carbons (Fsp3) is 0.538. The quantitative estimate of drug-likeness (QED) is 0.821. The summed E-state index contributed by atoms with van der Waals surface area (Å²) in [6.45, 7) is 2.08. The molecule has 0 fully saturated rings. The first-order chi connectivity index (χ1) is 7.69. The third-order valence-corrected chi connectivity index (χ3v) is 3.40. The van der Waals surface area contributed by atoms with Gasteiger partial charge in [-0.15, -0.1) is 0 Å². The number of halogens is 1. The lowest BCUT2D eigenvalue weighted by Crippen LogP contribution is -2.47. The topological polar surface area (TPSA) is 38.0 Å². The number of hydrogen-bond acceptors (Lipinski definition) is 2. The van der Waals surface area contributed by atoms with Crippen molar-refractivity contribution in [2.75, 3.05) is 11.9 Å². The second-order valence-electron chi connectivity index (χ2n) is 4.55. The standard InChI is InChI=1S/C13H19FN2/c1-2-7-13(14,9-15)12-8-10-5-3-4-6-11(10)16-12/h3-6,12,16H,2,7-9,15H2,1H3. The largest absolute Gasteiger partial charge is 0.378 e. The first kappa shape index (κ1) is 11.4. The molecule has 0 radical (unpaired) electrons. The molecule has 0 spiro atoms. The van der Waals surface area contributed by atoms with Crippen LogP contribution in [-0.2, 0) is 6.42 Å². The summed E-state index contributed by atoms with van der Waals surface area (Å²) >= 11 is 0. The van der Waals surface area contributed by atoms with Crippen LogP contribution in [0.15, 0.2) is 24.3 Å². The highest BCUT2D eigenvalue weighted by atomic mass is 19.1. The van der Waals surface area contributed by atoms with Gasteiger partial charge in [0.05, 0.1) is 6.04 Å². The molecule has 2 rings (SSSR count). The molecule has 0 saturated carbocycles. The van der Waals surface area contributed by atoms with Crippen molar-refractivity contribution in [1.82, 2.24) is 0 Å². The summed E-state index contributed by atoms with van der Waals surface area (Å²) in [5.74, 6) is 0. The Morgan fingerprint density at radius 2 is 2.25 bits per heavy atom. The van der Waals surface area contributed by atoms with Gasteiger partial charge in [-0.1, -0.05) is 31.5 Å². The van der Waals surface area contributed by atoms with Gasteiger partial charge in [0.1, 0.15) is 5.67 Å². The van der Waals surface area contributed by atoms with E-state index in [4.69, 9.17) is 5.73 Å². The van der Waals surface area contributed by atoms with Crippen molar-refractivity contribution >= 4 is 5.69 Å². The van der Waals surface area contributed by atoms with Crippen LogP contribution >= 0.6 is 0 Å². The number of fused-ring (bicyclic) bond motifs is 1. The van der Waals surface area contributed by atoms with E-state index in [9.17, 15) is 4.39 Å². The molecule has 0 bridgehead atoms. The number of anilines is 1. The predicted molar refractivity (Wildman–Crippen MR) is 65.4 cm³/mol. The lowest BCUT2D eigenvalue weighted by atomic mass is 9.89. The summed E-state index contributed by atoms with van der Waals surface area (Å²) in [5, 5.41) is 3.26. The molecule has 1 aliphatic rings. The number of benzene rings is 1. The molecule has 0 aromatic heterocycles. The van der Waals surface area contributed by atoms with E-state index in [1.165, 1.54) is 5.56 Å². The van der Waals surface area contributed by atoms with Crippen LogP contribution in [0.1, 0.15) is 25.3 Å². The summed E-state index contributed by atoms with van der Waals surface area (Å²) in [7, 11) is 0. The van der Waals surface area contributed by atoms with Crippen LogP contribution in [0.4, 0.5) is 10.1 Å². The minimum atomic E-state index is -1.28. The molecular formula is C13H19FN2. The molecular weight excluding hydrogens is 203 g/mol. The van der Waals surface area contributed by atoms with E-state index in [1.807, 2.05) is 31.2 Å². The lowest BCUT2D eigenvalue weighted by molar-refractivity contribution is 0.133. The van der Waals surface area contributed by atoms with Crippen molar-refractivity contribution in [3.8, 4) is 0 Å². The van der Waals surface area contributed by atoms with Crippen molar-refractivity contribution in [3.63, 3.8) is 0 Å². The Kier molecular flexibility index (Phi) is 3.15. The van der Waals surface area contributed by atoms with Gasteiger partial charge in [0.25, 0.3) is 0 Å². The maximum atomic E-state index is 14.6. The molecule has 0 saturated heterocycles. The van der Waals surface area contributed by atoms with Gasteiger partial charge in [-0.3, -0.25) is 0 Å². The highest BCUT2D eigenvalue weighted by Crippen LogP contribution is 2.34. The van der Waals surface area contributed by atoms with Gasteiger partial charge in [-0.05, 0) is 24.5 Å². The maximum Gasteiger partial charge on any atom is 0.143 e. The average molecular weight is 222 g/mol. The molecule has 1 aromatic rings. The van der Waals surface area contributed by atoms with Crippen molar-refractivity contribution in [2.45, 2.75) is 37.9 Å². The van der Waals surface area contributed by atoms with Gasteiger partial charge in [-0.25, -0.2) is 4.39 Å². The van der Waals surface area contributed by atoms with Crippen LogP contribution in [-0.4, -0.2) is 18.3 Å². The third-order valence-electron chi connectivity index (χ3n) is 3.40. The molecule has 3 heteroatoms. The fourth-order valence-corrected chi connectivity index (χ4v) is 2.44. The first-order valence-corrected chi connectivity index (χ1v) is 5.93. The summed E-state index contributed by atoms with van der Waals surface area (Å²) in [4.78, 5) is 0. The van der Waals surface area contributed by atoms with Gasteiger partial charge >= 0.3 is 0 Å². The Morgan fingerprint density at radius 3 is 2.88 bits per heavy atom. The van der Waals surface area contributed by atoms with E-state index in [2.05, 4.69) is 5.32 Å². The van der Waals surface area contributed by atoms with Gasteiger partial charge in [0.15, 0.2) is 0 Å². The van der Waals surface area contributed by atoms with Crippen LogP contribution < -0.4 is 11.1 Å². The molecule has 3 N–H and O–H groups in total. The van der Waals surface area contributed by atoms with E-state index in [0.717, 1.165) is 18.5 Å². The zero-order valence-corrected chi connectivity index (χ0v) is 9.67. The van der Waals surface area contributed by atoms with Crippen LogP contribution in [0.2, 0.25) is 0 Å². The normalized spacial score (nSPS) is 22.3. The van der Waals surface area contributed by atoms with Crippen molar-refractivity contribution < 1.29 is 4.39 Å². The smallest absolute Gasteiger partial charge is 0.143 e. The highest BCUT2D eigenvalue weighted by molar-refractivity contribution is 5.57. The zero-order chi connectivity index (χ0) is 11.6. The molecule has 88 valence electrons. The first-order valence-electron chi connectivity index (χ1n) is 5.93. The molecule has 2 atom stereocenters. The van der Waals surface area contributed by atoms with E-state index in [-0.39, 0.29) is 12.6 Å². The lowest BCUT2D eigenvalue weighted by Gasteiger charge is -2.30. The van der Waals surface area contributed by atoms with E-state index < -0.39 is 5.67 Å². The summed E-state index contributed by atoms with van der Waals surface area (Å²) in [6.07, 6.45) is 2.08. The molecule has 1 aliphatic heterocycles. The Balaban J connectivity index is 2.15. The predicted octanol–water partition coefficient (Wildman–Crippen LogP) is 2.49. The number of hydrogen-bond donors (Lipinski definition) is 2. The number of nitrogens with two attached hydrogens (primary N) is 1. The monoisotopic (exact) mass is 222 g/mol. The SMILES string of the molecule is CCCC(F)(CN)C1Cc2ccccc2N1. The van der Waals surface area contributed by atoms with Gasteiger partial charge in [0.2, 0.25) is 0 Å². The van der Waals surface area contributed by atoms with E-state index >= 15 is 0 Å². The molecule has 2 unspecified atom stereocenters. The Morgan fingerprint density at radius 1 is 1.50 bits per heavy atom. The van der Waals surface area contributed by atoms with Gasteiger partial charge in [0, 0.05) is 12.2 Å². The third kappa shape index (κ3) is 1.92. The van der Waals surface area contributed by atoms with Gasteiger partial charge in [-0.2, -0.15) is 0 Å². The summed E-state index contributed by atoms with van der Waals surface area (Å²) in [6, 6.07) is 7.83. The van der Waals surface area contributed by atoms with Crippen molar-refractivity contribution in [2.24, 2.45) is 5.73 Å². The number of para-hydroxylation sites is 1. The Hall–Kier alpha value is -1.09. The van der Waals surface area contributed by atoms with Crippen LogP contribution in [0, 0.1) is 0 Å². The average Bonchev–Trinajstić information content (AvgIpc) is 2.73. The van der Waals surface area contributed by atoms with E-state index in [0.29, 0.717) is 6.42 Å². The molecule has 2 nitrogen and oxygen atoms in total. The van der Waals surface area contributed by atoms with Crippen LogP contribution in [0.5, 0.6) is 0 Å². The molecule has 1 heterocycles. The van der Waals surface area contributed by atoms with Gasteiger partial charge < -0.3 is 11.1 Å². The Labute approximate surface area is 96.0 Å². The fourth-order valence-electron chi connectivity index (χ4n) is 2.44. The minimum Gasteiger partial charge on any atom is -0.378 e. The Bertz CT molecular complexity index is 342. The summed E-state index contributed by atoms with van der Waals surface area (Å²) < 4.78 is 14.6. The highest BCUT2D eigenvalue weighted by Gasteiger charge is 2.40. The molecule has 0 amide bonds. The molecule has 16 heavy (non-hydrogen) atoms. The maximum absolute atomic E-state index is 14.6. The van der Waals surface area contributed by atoms with E-state index in [1.54, 1.807) is 0 Å². The number of alkyl halides is 1. The number of rotatable bonds is 4. The van der Waals surface area contributed by atoms with Crippen LogP contribution in [0.25, 0.3) is 0 Å². The van der Waals surface area contributed by atoms with Crippen molar-refractivity contribution in [3.05, 3.63) is 29.8 Å². The molecule has 0 aliphatic carbocycles. The molecule has 1 aromatic carbocycles. The second kappa shape index (κ2) is 4.42. The van der Waals surface area contributed by atoms with Crippen molar-refractivity contribution in [1.29, 1.82) is 0 Å². The number of nitrogens with one attached hydrogen (secondary N) is 1. The second-order valence-corrected chi connectivity index (χ2v) is 4.55. The van der Waals surface area contributed by atoms with Crippen LogP contribution in [0.3, 0.4) is 0 Å².